The molecule has 1 aromatic carbocycles. The second-order valence-corrected chi connectivity index (χ2v) is 6.88. The molecule has 1 fully saturated rings. The van der Waals surface area contributed by atoms with Crippen LogP contribution in [0.5, 0.6) is 0 Å². The van der Waals surface area contributed by atoms with Crippen molar-refractivity contribution in [2.24, 2.45) is 10.7 Å². The van der Waals surface area contributed by atoms with Crippen LogP contribution < -0.4 is 10.6 Å². The van der Waals surface area contributed by atoms with Gasteiger partial charge in [0.05, 0.1) is 22.9 Å². The van der Waals surface area contributed by atoms with Crippen LogP contribution in [0, 0.1) is 5.82 Å². The minimum absolute atomic E-state index is 0. The summed E-state index contributed by atoms with van der Waals surface area (Å²) in [6.45, 7) is 3.20. The topological polar surface area (TPSA) is 62.2 Å². The lowest BCUT2D eigenvalue weighted by Gasteiger charge is -2.36. The van der Waals surface area contributed by atoms with E-state index in [2.05, 4.69) is 9.98 Å². The molecule has 2 aromatic heterocycles. The summed E-state index contributed by atoms with van der Waals surface area (Å²) in [4.78, 5) is 13.0. The average molecular weight is 515 g/mol. The predicted octanol–water partition coefficient (Wildman–Crippen LogP) is 3.38. The number of nitrogens with zero attached hydrogens (tertiary/aromatic N) is 5. The van der Waals surface area contributed by atoms with Crippen molar-refractivity contribution < 1.29 is 4.39 Å². The fraction of sp³-hybridized carbons (Fsp3) is 0.263. The minimum Gasteiger partial charge on any atom is -0.370 e. The molecule has 4 rings (SSSR count). The highest BCUT2D eigenvalue weighted by atomic mass is 127. The summed E-state index contributed by atoms with van der Waals surface area (Å²) in [5.74, 6) is 0.290. The zero-order chi connectivity index (χ0) is 18.8. The lowest BCUT2D eigenvalue weighted by molar-refractivity contribution is 0.378. The van der Waals surface area contributed by atoms with Gasteiger partial charge < -0.3 is 19.9 Å². The molecular weight excluding hydrogens is 494 g/mol. The second-order valence-electron chi connectivity index (χ2n) is 6.44. The summed E-state index contributed by atoms with van der Waals surface area (Å²) in [5.41, 5.74) is 8.44. The molecule has 1 saturated heterocycles. The number of pyridine rings is 1. The molecule has 0 spiro atoms. The molecular formula is C19H21ClFIN6. The maximum atomic E-state index is 13.9. The standard InChI is InChI=1S/C19H20ClFN6.HI/c20-14-5-6-18-24-15(13-27(18)12-14)11-23-19(22)26-9-7-25(8-10-26)17-4-2-1-3-16(17)21;/h1-6,12-13H,7-11H2,(H2,22,23);1H. The maximum Gasteiger partial charge on any atom is 0.191 e. The number of aliphatic imine (C=N–C) groups is 1. The molecule has 0 aliphatic carbocycles. The van der Waals surface area contributed by atoms with E-state index in [1.54, 1.807) is 18.2 Å². The Morgan fingerprint density at radius 3 is 2.61 bits per heavy atom. The van der Waals surface area contributed by atoms with Gasteiger partial charge in [-0.25, -0.2) is 14.4 Å². The molecule has 3 heterocycles. The van der Waals surface area contributed by atoms with E-state index in [0.717, 1.165) is 11.3 Å². The van der Waals surface area contributed by atoms with Crippen molar-refractivity contribution in [2.75, 3.05) is 31.1 Å². The van der Waals surface area contributed by atoms with Crippen LogP contribution in [0.25, 0.3) is 5.65 Å². The number of piperazine rings is 1. The molecule has 2 N–H and O–H groups in total. The molecule has 1 aliphatic heterocycles. The summed E-state index contributed by atoms with van der Waals surface area (Å²) in [5, 5.41) is 0.655. The quantitative estimate of drug-likeness (QED) is 0.331. The Morgan fingerprint density at radius 1 is 1.11 bits per heavy atom. The first kappa shape index (κ1) is 20.7. The van der Waals surface area contributed by atoms with E-state index < -0.39 is 0 Å². The fourth-order valence-electron chi connectivity index (χ4n) is 3.24. The van der Waals surface area contributed by atoms with Crippen LogP contribution in [0.4, 0.5) is 10.1 Å². The van der Waals surface area contributed by atoms with Crippen molar-refractivity contribution in [3.63, 3.8) is 0 Å². The van der Waals surface area contributed by atoms with Gasteiger partial charge in [-0.05, 0) is 24.3 Å². The van der Waals surface area contributed by atoms with E-state index in [1.807, 2.05) is 38.7 Å². The number of guanidine groups is 1. The van der Waals surface area contributed by atoms with Crippen molar-refractivity contribution in [3.8, 4) is 0 Å². The third kappa shape index (κ3) is 4.49. The first-order valence-corrected chi connectivity index (χ1v) is 9.15. The average Bonchev–Trinajstić information content (AvgIpc) is 3.08. The van der Waals surface area contributed by atoms with Crippen LogP contribution in [0.15, 0.2) is 53.8 Å². The van der Waals surface area contributed by atoms with Gasteiger partial charge in [0.1, 0.15) is 11.5 Å². The number of aromatic nitrogens is 2. The molecule has 9 heteroatoms. The number of imidazole rings is 1. The Balaban J connectivity index is 0.00000225. The summed E-state index contributed by atoms with van der Waals surface area (Å²) in [6, 6.07) is 10.5. The molecule has 0 atom stereocenters. The largest absolute Gasteiger partial charge is 0.370 e. The van der Waals surface area contributed by atoms with Crippen molar-refractivity contribution in [1.29, 1.82) is 0 Å². The van der Waals surface area contributed by atoms with Gasteiger partial charge >= 0.3 is 0 Å². The Morgan fingerprint density at radius 2 is 1.86 bits per heavy atom. The number of nitrogens with two attached hydrogens (primary N) is 1. The van der Waals surface area contributed by atoms with Crippen LogP contribution in [0.3, 0.4) is 0 Å². The van der Waals surface area contributed by atoms with Crippen LogP contribution in [0.2, 0.25) is 5.02 Å². The van der Waals surface area contributed by atoms with E-state index >= 15 is 0 Å². The number of anilines is 1. The van der Waals surface area contributed by atoms with Crippen LogP contribution in [-0.2, 0) is 6.54 Å². The Bertz CT molecular complexity index is 983. The molecule has 0 radical (unpaired) electrons. The molecule has 0 bridgehead atoms. The third-order valence-corrected chi connectivity index (χ3v) is 4.89. The van der Waals surface area contributed by atoms with Crippen molar-refractivity contribution in [2.45, 2.75) is 6.54 Å². The molecule has 3 aromatic rings. The number of halogens is 3. The van der Waals surface area contributed by atoms with E-state index in [4.69, 9.17) is 17.3 Å². The molecule has 0 amide bonds. The first-order valence-electron chi connectivity index (χ1n) is 8.77. The fourth-order valence-corrected chi connectivity index (χ4v) is 3.41. The number of fused-ring (bicyclic) bond motifs is 1. The van der Waals surface area contributed by atoms with E-state index in [0.29, 0.717) is 49.4 Å². The lowest BCUT2D eigenvalue weighted by atomic mass is 10.2. The number of hydrogen-bond acceptors (Lipinski definition) is 3. The Hall–Kier alpha value is -2.07. The monoisotopic (exact) mass is 514 g/mol. The van der Waals surface area contributed by atoms with Gasteiger partial charge in [-0.2, -0.15) is 0 Å². The zero-order valence-electron chi connectivity index (χ0n) is 15.1. The Labute approximate surface area is 184 Å². The summed E-state index contributed by atoms with van der Waals surface area (Å²) in [6.07, 6.45) is 3.70. The molecule has 148 valence electrons. The number of hydrogen-bond donors (Lipinski definition) is 1. The van der Waals surface area contributed by atoms with Crippen LogP contribution >= 0.6 is 35.6 Å². The SMILES string of the molecule is I.NC(=NCc1cn2cc(Cl)ccc2n1)N1CCN(c2ccccc2F)CC1. The molecule has 0 saturated carbocycles. The zero-order valence-corrected chi connectivity index (χ0v) is 18.2. The van der Waals surface area contributed by atoms with Gasteiger partial charge in [0.15, 0.2) is 5.96 Å². The normalized spacial score (nSPS) is 15.0. The Kier molecular flexibility index (Phi) is 6.61. The highest BCUT2D eigenvalue weighted by Gasteiger charge is 2.20. The maximum absolute atomic E-state index is 13.9. The first-order chi connectivity index (χ1) is 13.1. The van der Waals surface area contributed by atoms with E-state index in [9.17, 15) is 4.39 Å². The van der Waals surface area contributed by atoms with Crippen LogP contribution in [-0.4, -0.2) is 46.4 Å². The smallest absolute Gasteiger partial charge is 0.191 e. The highest BCUT2D eigenvalue weighted by Crippen LogP contribution is 2.20. The highest BCUT2D eigenvalue weighted by molar-refractivity contribution is 14.0. The molecule has 1 aliphatic rings. The number of rotatable bonds is 3. The molecule has 28 heavy (non-hydrogen) atoms. The van der Waals surface area contributed by atoms with Crippen molar-refractivity contribution in [3.05, 3.63) is 65.3 Å². The van der Waals surface area contributed by atoms with E-state index in [1.165, 1.54) is 6.07 Å². The summed E-state index contributed by atoms with van der Waals surface area (Å²) in [7, 11) is 0. The van der Waals surface area contributed by atoms with Gasteiger partial charge in [-0.15, -0.1) is 24.0 Å². The minimum atomic E-state index is -0.195. The van der Waals surface area contributed by atoms with Crippen molar-refractivity contribution >= 4 is 52.9 Å². The summed E-state index contributed by atoms with van der Waals surface area (Å²) >= 11 is 5.99. The summed E-state index contributed by atoms with van der Waals surface area (Å²) < 4.78 is 15.8. The molecule has 6 nitrogen and oxygen atoms in total. The second kappa shape index (κ2) is 8.95. The van der Waals surface area contributed by atoms with Gasteiger partial charge in [-0.3, -0.25) is 0 Å². The van der Waals surface area contributed by atoms with Gasteiger partial charge in [0, 0.05) is 38.6 Å². The molecule has 0 unspecified atom stereocenters. The third-order valence-electron chi connectivity index (χ3n) is 4.66. The number of benzene rings is 1. The number of para-hydroxylation sites is 1. The van der Waals surface area contributed by atoms with Gasteiger partial charge in [0.25, 0.3) is 0 Å². The van der Waals surface area contributed by atoms with Gasteiger partial charge in [0.2, 0.25) is 0 Å². The van der Waals surface area contributed by atoms with E-state index in [-0.39, 0.29) is 29.8 Å². The van der Waals surface area contributed by atoms with Crippen molar-refractivity contribution in [1.82, 2.24) is 14.3 Å². The lowest BCUT2D eigenvalue weighted by Crippen LogP contribution is -2.51. The van der Waals surface area contributed by atoms with Crippen LogP contribution in [0.1, 0.15) is 5.69 Å². The predicted molar refractivity (Wildman–Crippen MR) is 121 cm³/mol. The van der Waals surface area contributed by atoms with Gasteiger partial charge in [-0.1, -0.05) is 23.7 Å².